The van der Waals surface area contributed by atoms with Crippen molar-refractivity contribution in [3.05, 3.63) is 175 Å². The van der Waals surface area contributed by atoms with Crippen LogP contribution in [-0.4, -0.2) is 9.13 Å². The molecule has 0 saturated carbocycles. The van der Waals surface area contributed by atoms with E-state index in [1.807, 2.05) is 42.5 Å². The third kappa shape index (κ3) is 4.07. The van der Waals surface area contributed by atoms with E-state index in [9.17, 15) is 5.26 Å². The van der Waals surface area contributed by atoms with Gasteiger partial charge in [-0.05, 0) is 71.3 Å². The van der Waals surface area contributed by atoms with Crippen LogP contribution >= 0.6 is 0 Å². The average Bonchev–Trinajstić information content (AvgIpc) is 3.67. The van der Waals surface area contributed by atoms with E-state index in [2.05, 4.69) is 135 Å². The highest BCUT2D eigenvalue weighted by atomic mass is 15.0. The van der Waals surface area contributed by atoms with Crippen LogP contribution in [0.4, 0.5) is 5.69 Å². The first kappa shape index (κ1) is 27.4. The van der Waals surface area contributed by atoms with Gasteiger partial charge in [0, 0.05) is 32.8 Å². The minimum Gasteiger partial charge on any atom is -0.318 e. The van der Waals surface area contributed by atoms with Crippen molar-refractivity contribution in [3.63, 3.8) is 0 Å². The summed E-state index contributed by atoms with van der Waals surface area (Å²) in [6, 6.07) is 56.4. The van der Waals surface area contributed by atoms with Crippen molar-refractivity contribution in [2.24, 2.45) is 0 Å². The molecule has 0 bridgehead atoms. The van der Waals surface area contributed by atoms with Crippen LogP contribution in [0.5, 0.6) is 0 Å². The van der Waals surface area contributed by atoms with Crippen LogP contribution in [0.25, 0.3) is 82.1 Å². The molecular formula is C44H26N4. The molecule has 0 saturated heterocycles. The van der Waals surface area contributed by atoms with E-state index in [0.717, 1.165) is 77.2 Å². The summed E-state index contributed by atoms with van der Waals surface area (Å²) in [4.78, 5) is 4.01. The lowest BCUT2D eigenvalue weighted by atomic mass is 9.93. The first-order valence-corrected chi connectivity index (χ1v) is 15.9. The third-order valence-electron chi connectivity index (χ3n) is 9.39. The van der Waals surface area contributed by atoms with Crippen molar-refractivity contribution >= 4 is 49.3 Å². The molecular weight excluding hydrogens is 585 g/mol. The lowest BCUT2D eigenvalue weighted by Gasteiger charge is -2.17. The Labute approximate surface area is 277 Å². The topological polar surface area (TPSA) is 38.0 Å². The molecule has 0 spiro atoms. The van der Waals surface area contributed by atoms with E-state index in [1.54, 1.807) is 0 Å². The zero-order chi connectivity index (χ0) is 32.2. The molecule has 0 atom stereocenters. The van der Waals surface area contributed by atoms with Gasteiger partial charge in [0.15, 0.2) is 0 Å². The Kier molecular flexibility index (Phi) is 6.22. The lowest BCUT2D eigenvalue weighted by molar-refractivity contribution is 1.18. The van der Waals surface area contributed by atoms with Gasteiger partial charge >= 0.3 is 0 Å². The molecule has 0 aliphatic rings. The molecule has 0 aliphatic heterocycles. The van der Waals surface area contributed by atoms with Crippen LogP contribution in [0.1, 0.15) is 5.56 Å². The Morgan fingerprint density at radius 3 is 1.71 bits per heavy atom. The third-order valence-corrected chi connectivity index (χ3v) is 9.39. The Morgan fingerprint density at radius 1 is 0.479 bits per heavy atom. The number of hydrogen-bond donors (Lipinski definition) is 0. The first-order chi connectivity index (χ1) is 23.7. The quantitative estimate of drug-likeness (QED) is 0.183. The van der Waals surface area contributed by atoms with Crippen molar-refractivity contribution in [1.29, 1.82) is 5.26 Å². The number of rotatable bonds is 4. The monoisotopic (exact) mass is 610 g/mol. The number of para-hydroxylation sites is 5. The van der Waals surface area contributed by atoms with E-state index in [-0.39, 0.29) is 0 Å². The largest absolute Gasteiger partial charge is 0.318 e. The molecule has 0 radical (unpaired) electrons. The molecule has 4 nitrogen and oxygen atoms in total. The number of aromatic nitrogens is 2. The normalized spacial score (nSPS) is 11.3. The van der Waals surface area contributed by atoms with E-state index < -0.39 is 0 Å². The molecule has 9 aromatic rings. The second-order valence-electron chi connectivity index (χ2n) is 11.9. The number of benzene rings is 7. The minimum absolute atomic E-state index is 0.569. The molecule has 2 aromatic heterocycles. The first-order valence-electron chi connectivity index (χ1n) is 15.9. The van der Waals surface area contributed by atoms with E-state index in [1.165, 1.54) is 0 Å². The smallest absolute Gasteiger partial charge is 0.211 e. The van der Waals surface area contributed by atoms with Gasteiger partial charge in [-0.3, -0.25) is 0 Å². The molecule has 0 aliphatic carbocycles. The zero-order valence-corrected chi connectivity index (χ0v) is 25.8. The summed E-state index contributed by atoms with van der Waals surface area (Å²) in [7, 11) is 0. The van der Waals surface area contributed by atoms with Gasteiger partial charge < -0.3 is 9.13 Å². The van der Waals surface area contributed by atoms with Gasteiger partial charge in [0.2, 0.25) is 5.69 Å². The second-order valence-corrected chi connectivity index (χ2v) is 11.9. The Hall–Kier alpha value is -6.88. The summed E-state index contributed by atoms with van der Waals surface area (Å²) in [6.45, 7) is 8.18. The molecule has 0 amide bonds. The standard InChI is InChI=1S/C44H26N4/c1-46-39-18-11-17-33(44(39)48-41-20-9-5-14-34(41)35-15-6-10-21-42(35)48)29-22-23-31(28-45)37(26-29)30-24-25-43-38(27-30)36-16-7-8-19-40(36)47(43)32-12-3-2-4-13-32/h2-27H. The van der Waals surface area contributed by atoms with Gasteiger partial charge in [0.1, 0.15) is 0 Å². The number of fused-ring (bicyclic) bond motifs is 6. The average molecular weight is 611 g/mol. The van der Waals surface area contributed by atoms with Crippen LogP contribution in [-0.2, 0) is 0 Å². The molecule has 222 valence electrons. The molecule has 0 fully saturated rings. The van der Waals surface area contributed by atoms with Crippen LogP contribution in [0.2, 0.25) is 0 Å². The molecule has 9 rings (SSSR count). The Balaban J connectivity index is 1.28. The van der Waals surface area contributed by atoms with Crippen molar-refractivity contribution in [3.8, 4) is 39.7 Å². The summed E-state index contributed by atoms with van der Waals surface area (Å²) < 4.78 is 4.51. The van der Waals surface area contributed by atoms with Gasteiger partial charge in [0.25, 0.3) is 0 Å². The number of nitriles is 1. The van der Waals surface area contributed by atoms with E-state index in [0.29, 0.717) is 11.3 Å². The summed E-state index contributed by atoms with van der Waals surface area (Å²) >= 11 is 0. The minimum atomic E-state index is 0.569. The molecule has 4 heteroatoms. The highest BCUT2D eigenvalue weighted by molar-refractivity contribution is 6.12. The number of nitrogens with zero attached hydrogens (tertiary/aromatic N) is 4. The van der Waals surface area contributed by atoms with E-state index >= 15 is 0 Å². The van der Waals surface area contributed by atoms with Gasteiger partial charge in [0.05, 0.1) is 46.0 Å². The predicted molar refractivity (Wildman–Crippen MR) is 197 cm³/mol. The summed E-state index contributed by atoms with van der Waals surface area (Å²) in [5, 5.41) is 14.9. The van der Waals surface area contributed by atoms with Crippen molar-refractivity contribution in [2.45, 2.75) is 0 Å². The van der Waals surface area contributed by atoms with Gasteiger partial charge in [-0.25, -0.2) is 4.85 Å². The fraction of sp³-hybridized carbons (Fsp3) is 0. The SMILES string of the molecule is [C-]#[N+]c1cccc(-c2ccc(C#N)c(-c3ccc4c(c3)c3ccccc3n4-c3ccccc3)c2)c1-n1c2ccccc2c2ccccc21. The maximum Gasteiger partial charge on any atom is 0.211 e. The number of hydrogen-bond acceptors (Lipinski definition) is 1. The van der Waals surface area contributed by atoms with Gasteiger partial charge in [-0.1, -0.05) is 103 Å². The van der Waals surface area contributed by atoms with Crippen molar-refractivity contribution < 1.29 is 0 Å². The molecule has 0 unspecified atom stereocenters. The van der Waals surface area contributed by atoms with Crippen molar-refractivity contribution in [1.82, 2.24) is 9.13 Å². The molecule has 7 aromatic carbocycles. The van der Waals surface area contributed by atoms with Crippen molar-refractivity contribution in [2.75, 3.05) is 0 Å². The highest BCUT2D eigenvalue weighted by Gasteiger charge is 2.20. The maximum atomic E-state index is 10.3. The molecule has 2 heterocycles. The van der Waals surface area contributed by atoms with E-state index in [4.69, 9.17) is 6.57 Å². The Bertz CT molecular complexity index is 2750. The fourth-order valence-electron chi connectivity index (χ4n) is 7.30. The molecule has 0 N–H and O–H groups in total. The van der Waals surface area contributed by atoms with Gasteiger partial charge in [-0.15, -0.1) is 0 Å². The summed E-state index contributed by atoms with van der Waals surface area (Å²) in [6.07, 6.45) is 0. The van der Waals surface area contributed by atoms with Crippen LogP contribution in [0.15, 0.2) is 158 Å². The fourth-order valence-corrected chi connectivity index (χ4v) is 7.30. The summed E-state index contributed by atoms with van der Waals surface area (Å²) in [5.74, 6) is 0. The maximum absolute atomic E-state index is 10.3. The van der Waals surface area contributed by atoms with Crippen LogP contribution in [0, 0.1) is 17.9 Å². The zero-order valence-electron chi connectivity index (χ0n) is 25.8. The lowest BCUT2D eigenvalue weighted by Crippen LogP contribution is -1.98. The van der Waals surface area contributed by atoms with Crippen LogP contribution in [0.3, 0.4) is 0 Å². The highest BCUT2D eigenvalue weighted by Crippen LogP contribution is 2.42. The second kappa shape index (κ2) is 10.9. The van der Waals surface area contributed by atoms with Crippen LogP contribution < -0.4 is 0 Å². The summed E-state index contributed by atoms with van der Waals surface area (Å²) in [5.41, 5.74) is 11.2. The Morgan fingerprint density at radius 2 is 1.04 bits per heavy atom. The van der Waals surface area contributed by atoms with Gasteiger partial charge in [-0.2, -0.15) is 5.26 Å². The predicted octanol–water partition coefficient (Wildman–Crippen LogP) is 11.6. The molecule has 48 heavy (non-hydrogen) atoms.